The summed E-state index contributed by atoms with van der Waals surface area (Å²) in [5.74, 6) is 0.799. The molecule has 30 heavy (non-hydrogen) atoms. The van der Waals surface area contributed by atoms with Crippen LogP contribution in [0.2, 0.25) is 0 Å². The number of unbranched alkanes of at least 4 members (excludes halogenated alkanes) is 1. The standard InChI is InChI=1S/C21H25N5O4/c27-15-30-10-2-1-8-26-14-18(23-24-26)16-5-3-6-17-19(28)13-20(22-21(16)17)25-7-4-11-29-12-9-25/h3,5-6,13-15H,1-2,4,7-12H2,(H,22,28). The van der Waals surface area contributed by atoms with Gasteiger partial charge in [0.15, 0.2) is 5.43 Å². The summed E-state index contributed by atoms with van der Waals surface area (Å²) in [7, 11) is 0. The second-order valence-corrected chi connectivity index (χ2v) is 7.24. The summed E-state index contributed by atoms with van der Waals surface area (Å²) in [6.07, 6.45) is 4.39. The van der Waals surface area contributed by atoms with Crippen LogP contribution in [-0.4, -0.2) is 59.4 Å². The summed E-state index contributed by atoms with van der Waals surface area (Å²) in [5, 5.41) is 9.14. The molecule has 0 amide bonds. The van der Waals surface area contributed by atoms with E-state index < -0.39 is 0 Å². The van der Waals surface area contributed by atoms with Crippen LogP contribution in [0.1, 0.15) is 19.3 Å². The Morgan fingerprint density at radius 2 is 2.17 bits per heavy atom. The molecule has 0 unspecified atom stereocenters. The molecule has 0 atom stereocenters. The second-order valence-electron chi connectivity index (χ2n) is 7.24. The number of nitrogens with one attached hydrogen (secondary N) is 1. The molecule has 1 fully saturated rings. The number of rotatable bonds is 8. The molecule has 0 bridgehead atoms. The molecule has 0 radical (unpaired) electrons. The third-order valence-corrected chi connectivity index (χ3v) is 5.20. The van der Waals surface area contributed by atoms with E-state index in [0.717, 1.165) is 55.9 Å². The van der Waals surface area contributed by atoms with Crippen LogP contribution in [0, 0.1) is 0 Å². The van der Waals surface area contributed by atoms with Crippen LogP contribution in [-0.2, 0) is 20.8 Å². The lowest BCUT2D eigenvalue weighted by molar-refractivity contribution is -0.128. The van der Waals surface area contributed by atoms with Crippen molar-refractivity contribution in [2.24, 2.45) is 0 Å². The molecule has 0 aliphatic carbocycles. The highest BCUT2D eigenvalue weighted by molar-refractivity contribution is 5.93. The SMILES string of the molecule is O=COCCCCn1cc(-c2cccc3c(=O)cc(N4CCCOCC4)[nH]c23)nn1. The molecule has 1 saturated heterocycles. The summed E-state index contributed by atoms with van der Waals surface area (Å²) in [6, 6.07) is 7.29. The fraction of sp³-hybridized carbons (Fsp3) is 0.429. The third-order valence-electron chi connectivity index (χ3n) is 5.20. The van der Waals surface area contributed by atoms with Crippen LogP contribution in [0.3, 0.4) is 0 Å². The van der Waals surface area contributed by atoms with Gasteiger partial charge in [0.25, 0.3) is 6.47 Å². The maximum absolute atomic E-state index is 12.8. The summed E-state index contributed by atoms with van der Waals surface area (Å²) in [6.45, 7) is 4.51. The maximum atomic E-state index is 12.8. The molecule has 1 aromatic carbocycles. The highest BCUT2D eigenvalue weighted by Crippen LogP contribution is 2.26. The van der Waals surface area contributed by atoms with Crippen molar-refractivity contribution in [1.29, 1.82) is 0 Å². The number of H-pyrrole nitrogens is 1. The molecular formula is C21H25N5O4. The summed E-state index contributed by atoms with van der Waals surface area (Å²) in [5.41, 5.74) is 2.29. The van der Waals surface area contributed by atoms with Gasteiger partial charge < -0.3 is 19.4 Å². The predicted molar refractivity (Wildman–Crippen MR) is 112 cm³/mol. The van der Waals surface area contributed by atoms with Crippen molar-refractivity contribution in [3.8, 4) is 11.3 Å². The lowest BCUT2D eigenvalue weighted by atomic mass is 10.1. The Balaban J connectivity index is 1.61. The van der Waals surface area contributed by atoms with Crippen LogP contribution < -0.4 is 10.3 Å². The largest absolute Gasteiger partial charge is 0.468 e. The fourth-order valence-corrected chi connectivity index (χ4v) is 3.67. The number of hydrogen-bond acceptors (Lipinski definition) is 7. The molecule has 3 heterocycles. The zero-order chi connectivity index (χ0) is 20.8. The van der Waals surface area contributed by atoms with E-state index in [0.29, 0.717) is 37.3 Å². The van der Waals surface area contributed by atoms with Gasteiger partial charge in [0.1, 0.15) is 11.5 Å². The Bertz CT molecular complexity index is 1050. The molecule has 1 N–H and O–H groups in total. The normalized spacial score (nSPS) is 14.6. The van der Waals surface area contributed by atoms with Crippen LogP contribution in [0.25, 0.3) is 22.2 Å². The minimum absolute atomic E-state index is 0.0201. The third kappa shape index (κ3) is 4.51. The Hall–Kier alpha value is -3.20. The molecule has 0 saturated carbocycles. The number of fused-ring (bicyclic) bond motifs is 1. The van der Waals surface area contributed by atoms with Crippen molar-refractivity contribution < 1.29 is 14.3 Å². The zero-order valence-electron chi connectivity index (χ0n) is 16.7. The quantitative estimate of drug-likeness (QED) is 0.446. The van der Waals surface area contributed by atoms with Crippen molar-refractivity contribution >= 4 is 23.2 Å². The average Bonchev–Trinajstić information content (AvgIpc) is 3.05. The molecule has 158 valence electrons. The second kappa shape index (κ2) is 9.53. The van der Waals surface area contributed by atoms with E-state index in [1.54, 1.807) is 10.7 Å². The molecule has 0 spiro atoms. The smallest absolute Gasteiger partial charge is 0.293 e. The average molecular weight is 411 g/mol. The monoisotopic (exact) mass is 411 g/mol. The van der Waals surface area contributed by atoms with E-state index >= 15 is 0 Å². The minimum atomic E-state index is -0.0201. The molecule has 2 aromatic heterocycles. The number of para-hydroxylation sites is 1. The molecule has 9 heteroatoms. The van der Waals surface area contributed by atoms with Gasteiger partial charge in [-0.1, -0.05) is 17.3 Å². The first-order chi connectivity index (χ1) is 14.8. The summed E-state index contributed by atoms with van der Waals surface area (Å²) < 4.78 is 12.0. The van der Waals surface area contributed by atoms with Gasteiger partial charge in [-0.15, -0.1) is 5.10 Å². The number of carbonyl (C=O) groups excluding carboxylic acids is 1. The van der Waals surface area contributed by atoms with Gasteiger partial charge in [-0.2, -0.15) is 0 Å². The number of aromatic nitrogens is 4. The summed E-state index contributed by atoms with van der Waals surface area (Å²) in [4.78, 5) is 28.6. The Labute approximate surface area is 173 Å². The van der Waals surface area contributed by atoms with Gasteiger partial charge in [0.2, 0.25) is 0 Å². The highest BCUT2D eigenvalue weighted by Gasteiger charge is 2.15. The first-order valence-corrected chi connectivity index (χ1v) is 10.2. The molecule has 3 aromatic rings. The van der Waals surface area contributed by atoms with E-state index in [9.17, 15) is 9.59 Å². The van der Waals surface area contributed by atoms with Gasteiger partial charge in [-0.3, -0.25) is 14.3 Å². The van der Waals surface area contributed by atoms with Gasteiger partial charge in [0.05, 0.1) is 24.9 Å². The first-order valence-electron chi connectivity index (χ1n) is 10.2. The number of anilines is 1. The molecular weight excluding hydrogens is 386 g/mol. The van der Waals surface area contributed by atoms with Crippen molar-refractivity contribution in [3.05, 3.63) is 40.7 Å². The van der Waals surface area contributed by atoms with Crippen LogP contribution in [0.15, 0.2) is 35.3 Å². The lowest BCUT2D eigenvalue weighted by Crippen LogP contribution is -2.28. The van der Waals surface area contributed by atoms with Crippen molar-refractivity contribution in [2.75, 3.05) is 37.8 Å². The molecule has 4 rings (SSSR count). The fourth-order valence-electron chi connectivity index (χ4n) is 3.67. The Morgan fingerprint density at radius 3 is 3.07 bits per heavy atom. The predicted octanol–water partition coefficient (Wildman–Crippen LogP) is 1.97. The van der Waals surface area contributed by atoms with E-state index in [4.69, 9.17) is 9.47 Å². The first kappa shape index (κ1) is 20.1. The lowest BCUT2D eigenvalue weighted by Gasteiger charge is -2.22. The van der Waals surface area contributed by atoms with Crippen LogP contribution >= 0.6 is 0 Å². The van der Waals surface area contributed by atoms with E-state index in [2.05, 4.69) is 20.2 Å². The topological polar surface area (TPSA) is 102 Å². The van der Waals surface area contributed by atoms with E-state index in [-0.39, 0.29) is 5.43 Å². The Kier molecular flexibility index (Phi) is 6.38. The van der Waals surface area contributed by atoms with Crippen molar-refractivity contribution in [1.82, 2.24) is 20.0 Å². The van der Waals surface area contributed by atoms with E-state index in [1.807, 2.05) is 24.4 Å². The van der Waals surface area contributed by atoms with Crippen LogP contribution in [0.5, 0.6) is 0 Å². The number of nitrogens with zero attached hydrogens (tertiary/aromatic N) is 4. The molecule has 9 nitrogen and oxygen atoms in total. The number of hydrogen-bond donors (Lipinski definition) is 1. The number of aromatic amines is 1. The number of benzene rings is 1. The van der Waals surface area contributed by atoms with Gasteiger partial charge >= 0.3 is 0 Å². The minimum Gasteiger partial charge on any atom is -0.468 e. The summed E-state index contributed by atoms with van der Waals surface area (Å²) >= 11 is 0. The van der Waals surface area contributed by atoms with Gasteiger partial charge in [0, 0.05) is 43.3 Å². The number of carbonyl (C=O) groups is 1. The Morgan fingerprint density at radius 1 is 1.23 bits per heavy atom. The van der Waals surface area contributed by atoms with Gasteiger partial charge in [-0.05, 0) is 25.3 Å². The zero-order valence-corrected chi connectivity index (χ0v) is 16.7. The number of pyridine rings is 1. The molecule has 1 aliphatic rings. The number of ether oxygens (including phenoxy) is 2. The van der Waals surface area contributed by atoms with Crippen molar-refractivity contribution in [3.63, 3.8) is 0 Å². The van der Waals surface area contributed by atoms with Gasteiger partial charge in [-0.25, -0.2) is 0 Å². The number of aryl methyl sites for hydroxylation is 1. The van der Waals surface area contributed by atoms with Crippen LogP contribution in [0.4, 0.5) is 5.82 Å². The van der Waals surface area contributed by atoms with Crippen molar-refractivity contribution in [2.45, 2.75) is 25.8 Å². The molecule has 1 aliphatic heterocycles. The highest BCUT2D eigenvalue weighted by atomic mass is 16.5. The van der Waals surface area contributed by atoms with E-state index in [1.165, 1.54) is 0 Å². The maximum Gasteiger partial charge on any atom is 0.293 e.